The van der Waals surface area contributed by atoms with Crippen LogP contribution in [0.15, 0.2) is 64.4 Å². The number of hydrogen-bond donors (Lipinski definition) is 1. The second-order valence-electron chi connectivity index (χ2n) is 7.85. The molecular weight excluding hydrogens is 452 g/mol. The molecule has 0 aliphatic carbocycles. The molecule has 32 heavy (non-hydrogen) atoms. The van der Waals surface area contributed by atoms with Gasteiger partial charge >= 0.3 is 0 Å². The highest BCUT2D eigenvalue weighted by atomic mass is 32.2. The van der Waals surface area contributed by atoms with Gasteiger partial charge < -0.3 is 10.1 Å². The molecule has 1 heterocycles. The minimum atomic E-state index is -3.68. The van der Waals surface area contributed by atoms with E-state index in [1.54, 1.807) is 30.3 Å². The lowest BCUT2D eigenvalue weighted by Gasteiger charge is -2.34. The number of benzene rings is 2. The molecule has 2 atom stereocenters. The minimum Gasteiger partial charge on any atom is -0.373 e. The number of amides is 1. The number of sulfonamides is 1. The molecular formula is C22H28N2O6S2. The van der Waals surface area contributed by atoms with E-state index in [0.29, 0.717) is 5.56 Å². The summed E-state index contributed by atoms with van der Waals surface area (Å²) in [6.07, 6.45) is -0.114. The molecule has 2 aromatic carbocycles. The maximum atomic E-state index is 12.9. The Hall–Kier alpha value is -2.27. The van der Waals surface area contributed by atoms with E-state index in [-0.39, 0.29) is 59.7 Å². The standard InChI is InChI=1S/C22H28N2O6S2/c1-17-15-24(16-18(2)30-17)32(28,29)21-11-9-19(10-12-21)22(25)23-13-6-14-31(26,27)20-7-4-3-5-8-20/h3-5,7-12,17-18H,6,13-16H2,1-2H3,(H,23,25). The van der Waals surface area contributed by atoms with Gasteiger partial charge in [-0.2, -0.15) is 4.31 Å². The Labute approximate surface area is 189 Å². The zero-order chi connectivity index (χ0) is 23.4. The molecule has 174 valence electrons. The maximum absolute atomic E-state index is 12.9. The number of nitrogens with one attached hydrogen (secondary N) is 1. The van der Waals surface area contributed by atoms with E-state index in [4.69, 9.17) is 4.74 Å². The molecule has 0 saturated carbocycles. The second kappa shape index (κ2) is 10.1. The van der Waals surface area contributed by atoms with Crippen molar-refractivity contribution in [2.24, 2.45) is 0 Å². The van der Waals surface area contributed by atoms with Crippen LogP contribution in [-0.4, -0.2) is 64.6 Å². The smallest absolute Gasteiger partial charge is 0.251 e. The van der Waals surface area contributed by atoms with E-state index in [1.807, 2.05) is 13.8 Å². The van der Waals surface area contributed by atoms with Gasteiger partial charge in [0, 0.05) is 25.2 Å². The maximum Gasteiger partial charge on any atom is 0.251 e. The lowest BCUT2D eigenvalue weighted by atomic mass is 10.2. The third-order valence-electron chi connectivity index (χ3n) is 5.12. The Morgan fingerprint density at radius 1 is 0.938 bits per heavy atom. The van der Waals surface area contributed by atoms with Gasteiger partial charge in [-0.3, -0.25) is 4.79 Å². The Morgan fingerprint density at radius 2 is 1.53 bits per heavy atom. The van der Waals surface area contributed by atoms with Gasteiger partial charge in [0.1, 0.15) is 0 Å². The number of hydrogen-bond acceptors (Lipinski definition) is 6. The van der Waals surface area contributed by atoms with Crippen molar-refractivity contribution in [3.05, 3.63) is 60.2 Å². The van der Waals surface area contributed by atoms with Gasteiger partial charge in [-0.1, -0.05) is 18.2 Å². The Morgan fingerprint density at radius 3 is 2.12 bits per heavy atom. The van der Waals surface area contributed by atoms with Crippen molar-refractivity contribution in [1.82, 2.24) is 9.62 Å². The number of rotatable bonds is 8. The number of sulfone groups is 1. The highest BCUT2D eigenvalue weighted by Crippen LogP contribution is 2.21. The highest BCUT2D eigenvalue weighted by molar-refractivity contribution is 7.91. The molecule has 1 aliphatic rings. The summed E-state index contributed by atoms with van der Waals surface area (Å²) in [6, 6.07) is 13.9. The second-order valence-corrected chi connectivity index (χ2v) is 11.9. The third-order valence-corrected chi connectivity index (χ3v) is 8.78. The molecule has 3 rings (SSSR count). The van der Waals surface area contributed by atoms with E-state index >= 15 is 0 Å². The zero-order valence-electron chi connectivity index (χ0n) is 18.1. The summed E-state index contributed by atoms with van der Waals surface area (Å²) in [5.41, 5.74) is 0.304. The molecule has 1 fully saturated rings. The predicted molar refractivity (Wildman–Crippen MR) is 121 cm³/mol. The first kappa shape index (κ1) is 24.4. The Bertz CT molecular complexity index is 1120. The first-order valence-corrected chi connectivity index (χ1v) is 13.5. The molecule has 10 heteroatoms. The van der Waals surface area contributed by atoms with Gasteiger partial charge in [0.05, 0.1) is 27.8 Å². The third kappa shape index (κ3) is 5.94. The average Bonchev–Trinajstić information content (AvgIpc) is 2.76. The summed E-state index contributed by atoms with van der Waals surface area (Å²) < 4.78 is 57.3. The van der Waals surface area contributed by atoms with E-state index in [2.05, 4.69) is 5.32 Å². The monoisotopic (exact) mass is 480 g/mol. The highest BCUT2D eigenvalue weighted by Gasteiger charge is 2.32. The van der Waals surface area contributed by atoms with E-state index in [9.17, 15) is 21.6 Å². The molecule has 1 amide bonds. The van der Waals surface area contributed by atoms with Gasteiger partial charge in [0.15, 0.2) is 9.84 Å². The van der Waals surface area contributed by atoms with Crippen LogP contribution in [-0.2, 0) is 24.6 Å². The topological polar surface area (TPSA) is 110 Å². The van der Waals surface area contributed by atoms with Crippen LogP contribution in [0.25, 0.3) is 0 Å². The first-order valence-electron chi connectivity index (χ1n) is 10.4. The van der Waals surface area contributed by atoms with Crippen LogP contribution in [0.2, 0.25) is 0 Å². The van der Waals surface area contributed by atoms with Crippen LogP contribution < -0.4 is 5.32 Å². The van der Waals surface area contributed by atoms with Crippen molar-refractivity contribution in [1.29, 1.82) is 0 Å². The number of carbonyl (C=O) groups is 1. The predicted octanol–water partition coefficient (Wildman–Crippen LogP) is 2.08. The van der Waals surface area contributed by atoms with Crippen LogP contribution in [0.4, 0.5) is 0 Å². The molecule has 2 unspecified atom stereocenters. The summed E-state index contributed by atoms with van der Waals surface area (Å²) in [7, 11) is -7.07. The lowest BCUT2D eigenvalue weighted by Crippen LogP contribution is -2.48. The van der Waals surface area contributed by atoms with Crippen LogP contribution >= 0.6 is 0 Å². The van der Waals surface area contributed by atoms with Crippen molar-refractivity contribution in [3.63, 3.8) is 0 Å². The quantitative estimate of drug-likeness (QED) is 0.580. The van der Waals surface area contributed by atoms with Crippen LogP contribution in [0.3, 0.4) is 0 Å². The summed E-state index contributed by atoms with van der Waals surface area (Å²) in [4.78, 5) is 12.7. The SMILES string of the molecule is CC1CN(S(=O)(=O)c2ccc(C(=O)NCCCS(=O)(=O)c3ccccc3)cc2)CC(C)O1. The van der Waals surface area contributed by atoms with Crippen LogP contribution in [0.1, 0.15) is 30.6 Å². The molecule has 0 bridgehead atoms. The molecule has 1 aliphatic heterocycles. The van der Waals surface area contributed by atoms with Crippen molar-refractivity contribution in [2.45, 2.75) is 42.3 Å². The fourth-order valence-electron chi connectivity index (χ4n) is 3.57. The summed E-state index contributed by atoms with van der Waals surface area (Å²) in [5.74, 6) is -0.468. The van der Waals surface area contributed by atoms with E-state index in [1.165, 1.54) is 28.6 Å². The fraction of sp³-hybridized carbons (Fsp3) is 0.409. The number of morpholine rings is 1. The number of nitrogens with zero attached hydrogens (tertiary/aromatic N) is 1. The van der Waals surface area contributed by atoms with Crippen molar-refractivity contribution < 1.29 is 26.4 Å². The van der Waals surface area contributed by atoms with Gasteiger partial charge in [0.2, 0.25) is 10.0 Å². The average molecular weight is 481 g/mol. The zero-order valence-corrected chi connectivity index (χ0v) is 19.7. The Kier molecular flexibility index (Phi) is 7.71. The fourth-order valence-corrected chi connectivity index (χ4v) is 6.49. The van der Waals surface area contributed by atoms with Crippen molar-refractivity contribution in [3.8, 4) is 0 Å². The van der Waals surface area contributed by atoms with Crippen LogP contribution in [0, 0.1) is 0 Å². The molecule has 0 radical (unpaired) electrons. The Balaban J connectivity index is 1.55. The summed E-state index contributed by atoms with van der Waals surface area (Å²) in [5, 5.41) is 2.68. The summed E-state index contributed by atoms with van der Waals surface area (Å²) in [6.45, 7) is 4.41. The van der Waals surface area contributed by atoms with Crippen LogP contribution in [0.5, 0.6) is 0 Å². The first-order chi connectivity index (χ1) is 15.1. The normalized spacial score (nSPS) is 20.1. The molecule has 0 spiro atoms. The van der Waals surface area contributed by atoms with Gasteiger partial charge in [0.25, 0.3) is 5.91 Å². The van der Waals surface area contributed by atoms with E-state index in [0.717, 1.165) is 0 Å². The van der Waals surface area contributed by atoms with Gasteiger partial charge in [-0.15, -0.1) is 0 Å². The van der Waals surface area contributed by atoms with Gasteiger partial charge in [-0.05, 0) is 56.7 Å². The number of ether oxygens (including phenoxy) is 1. The van der Waals surface area contributed by atoms with Crippen molar-refractivity contribution in [2.75, 3.05) is 25.4 Å². The van der Waals surface area contributed by atoms with E-state index < -0.39 is 19.9 Å². The van der Waals surface area contributed by atoms with Gasteiger partial charge in [-0.25, -0.2) is 16.8 Å². The number of carbonyl (C=O) groups excluding carboxylic acids is 1. The molecule has 0 aromatic heterocycles. The lowest BCUT2D eigenvalue weighted by molar-refractivity contribution is -0.0440. The molecule has 1 N–H and O–H groups in total. The van der Waals surface area contributed by atoms with Crippen molar-refractivity contribution >= 4 is 25.8 Å². The molecule has 1 saturated heterocycles. The molecule has 2 aromatic rings. The largest absolute Gasteiger partial charge is 0.373 e. The summed E-state index contributed by atoms with van der Waals surface area (Å²) >= 11 is 0. The minimum absolute atomic E-state index is 0.0785. The molecule has 8 nitrogen and oxygen atoms in total.